The van der Waals surface area contributed by atoms with E-state index in [0.717, 1.165) is 36.3 Å². The normalized spacial score (nSPS) is 26.2. The van der Waals surface area contributed by atoms with E-state index < -0.39 is 5.60 Å². The zero-order chi connectivity index (χ0) is 21.2. The topological polar surface area (TPSA) is 53.0 Å². The first kappa shape index (κ1) is 22.1. The minimum Gasteiger partial charge on any atom is -0.490 e. The molecule has 3 rings (SSSR count). The van der Waals surface area contributed by atoms with Gasteiger partial charge in [-0.1, -0.05) is 19.9 Å². The summed E-state index contributed by atoms with van der Waals surface area (Å²) < 4.78 is 6.05. The second kappa shape index (κ2) is 8.65. The van der Waals surface area contributed by atoms with Gasteiger partial charge in [0, 0.05) is 32.6 Å². The van der Waals surface area contributed by atoms with Crippen LogP contribution in [0.25, 0.3) is 0 Å². The smallest absolute Gasteiger partial charge is 0.219 e. The van der Waals surface area contributed by atoms with Crippen molar-refractivity contribution in [1.82, 2.24) is 9.80 Å². The molecule has 1 aliphatic heterocycles. The van der Waals surface area contributed by atoms with Crippen LogP contribution in [0.1, 0.15) is 57.6 Å². The van der Waals surface area contributed by atoms with Crippen LogP contribution in [0.15, 0.2) is 18.2 Å². The summed E-state index contributed by atoms with van der Waals surface area (Å²) in [6, 6.07) is 6.58. The summed E-state index contributed by atoms with van der Waals surface area (Å²) in [7, 11) is 0. The number of carbonyl (C=O) groups is 1. The molecule has 1 heterocycles. The highest BCUT2D eigenvalue weighted by Gasteiger charge is 2.40. The highest BCUT2D eigenvalue weighted by atomic mass is 16.5. The van der Waals surface area contributed by atoms with E-state index in [4.69, 9.17) is 4.74 Å². The van der Waals surface area contributed by atoms with E-state index >= 15 is 0 Å². The summed E-state index contributed by atoms with van der Waals surface area (Å²) in [6.45, 7) is 12.9. The molecule has 5 heteroatoms. The third kappa shape index (κ3) is 5.95. The number of benzene rings is 1. The molecule has 0 aromatic heterocycles. The van der Waals surface area contributed by atoms with Gasteiger partial charge in [-0.05, 0) is 68.2 Å². The van der Waals surface area contributed by atoms with Crippen molar-refractivity contribution in [3.8, 4) is 5.75 Å². The Hall–Kier alpha value is -1.59. The predicted molar refractivity (Wildman–Crippen MR) is 116 cm³/mol. The molecule has 1 saturated carbocycles. The second-order valence-corrected chi connectivity index (χ2v) is 10.1. The molecule has 1 atom stereocenters. The molecule has 1 aliphatic carbocycles. The van der Waals surface area contributed by atoms with Crippen LogP contribution in [-0.4, -0.2) is 65.2 Å². The van der Waals surface area contributed by atoms with E-state index in [1.807, 2.05) is 26.0 Å². The Morgan fingerprint density at radius 3 is 2.31 bits per heavy atom. The van der Waals surface area contributed by atoms with Crippen LogP contribution in [-0.2, 0) is 4.79 Å². The van der Waals surface area contributed by atoms with Crippen LogP contribution < -0.4 is 4.74 Å². The minimum atomic E-state index is -1.08. The standard InChI is InChI=1S/C24H38N2O3/c1-18-12-19(2)14-22(13-18)29-17-24(28)15-25(20(3)27)10-11-26(16-24)21-6-8-23(4,5)9-7-21/h12-14,21,28H,6-11,15-17H2,1-5H3/t24-/m0/s1. The molecule has 0 unspecified atom stereocenters. The molecule has 5 nitrogen and oxygen atoms in total. The van der Waals surface area contributed by atoms with Crippen LogP contribution in [0, 0.1) is 19.3 Å². The third-order valence-electron chi connectivity index (χ3n) is 6.61. The number of hydrogen-bond acceptors (Lipinski definition) is 4. The van der Waals surface area contributed by atoms with Gasteiger partial charge in [-0.2, -0.15) is 0 Å². The van der Waals surface area contributed by atoms with E-state index in [0.29, 0.717) is 31.1 Å². The molecule has 162 valence electrons. The number of carbonyl (C=O) groups excluding carboxylic acids is 1. The van der Waals surface area contributed by atoms with Crippen molar-refractivity contribution in [3.63, 3.8) is 0 Å². The molecule has 0 spiro atoms. The maximum absolute atomic E-state index is 12.1. The molecule has 2 fully saturated rings. The first-order valence-electron chi connectivity index (χ1n) is 11.0. The van der Waals surface area contributed by atoms with Crippen molar-refractivity contribution in [1.29, 1.82) is 0 Å². The number of aliphatic hydroxyl groups is 1. The van der Waals surface area contributed by atoms with Gasteiger partial charge in [0.05, 0.1) is 6.54 Å². The van der Waals surface area contributed by atoms with Gasteiger partial charge < -0.3 is 14.7 Å². The average molecular weight is 403 g/mol. The summed E-state index contributed by atoms with van der Waals surface area (Å²) in [5.74, 6) is 0.793. The SMILES string of the molecule is CC(=O)N1CCN(C2CCC(C)(C)CC2)C[C@](O)(COc2cc(C)cc(C)c2)C1. The van der Waals surface area contributed by atoms with Crippen molar-refractivity contribution in [2.24, 2.45) is 5.41 Å². The summed E-state index contributed by atoms with van der Waals surface area (Å²) in [4.78, 5) is 16.3. The van der Waals surface area contributed by atoms with Crippen LogP contribution in [0.3, 0.4) is 0 Å². The Morgan fingerprint density at radius 1 is 1.10 bits per heavy atom. The van der Waals surface area contributed by atoms with Gasteiger partial charge in [0.25, 0.3) is 0 Å². The minimum absolute atomic E-state index is 0.0152. The Kier molecular flexibility index (Phi) is 6.59. The number of amides is 1. The molecular formula is C24H38N2O3. The molecule has 0 radical (unpaired) electrons. The van der Waals surface area contributed by atoms with E-state index in [2.05, 4.69) is 24.8 Å². The maximum Gasteiger partial charge on any atom is 0.219 e. The van der Waals surface area contributed by atoms with E-state index in [9.17, 15) is 9.90 Å². The third-order valence-corrected chi connectivity index (χ3v) is 6.61. The van der Waals surface area contributed by atoms with Gasteiger partial charge in [0.2, 0.25) is 5.91 Å². The fraction of sp³-hybridized carbons (Fsp3) is 0.708. The van der Waals surface area contributed by atoms with E-state index in [1.54, 1.807) is 11.8 Å². The largest absolute Gasteiger partial charge is 0.490 e. The lowest BCUT2D eigenvalue weighted by Gasteiger charge is -2.41. The monoisotopic (exact) mass is 402 g/mol. The second-order valence-electron chi connectivity index (χ2n) is 10.1. The van der Waals surface area contributed by atoms with Crippen LogP contribution >= 0.6 is 0 Å². The quantitative estimate of drug-likeness (QED) is 0.837. The molecule has 29 heavy (non-hydrogen) atoms. The van der Waals surface area contributed by atoms with Crippen molar-refractivity contribution >= 4 is 5.91 Å². The molecule has 1 N–H and O–H groups in total. The number of ether oxygens (including phenoxy) is 1. The molecule has 1 amide bonds. The van der Waals surface area contributed by atoms with Crippen molar-refractivity contribution < 1.29 is 14.6 Å². The molecule has 2 aliphatic rings. The highest BCUT2D eigenvalue weighted by Crippen LogP contribution is 2.37. The van der Waals surface area contributed by atoms with E-state index in [-0.39, 0.29) is 12.5 Å². The van der Waals surface area contributed by atoms with Crippen molar-refractivity contribution in [2.75, 3.05) is 32.8 Å². The Morgan fingerprint density at radius 2 is 1.72 bits per heavy atom. The van der Waals surface area contributed by atoms with Gasteiger partial charge >= 0.3 is 0 Å². The van der Waals surface area contributed by atoms with Crippen molar-refractivity contribution in [2.45, 2.75) is 71.9 Å². The van der Waals surface area contributed by atoms with Crippen LogP contribution in [0.5, 0.6) is 5.75 Å². The molecule has 0 bridgehead atoms. The van der Waals surface area contributed by atoms with Crippen LogP contribution in [0.4, 0.5) is 0 Å². The number of aryl methyl sites for hydroxylation is 2. The van der Waals surface area contributed by atoms with Crippen molar-refractivity contribution in [3.05, 3.63) is 29.3 Å². The first-order valence-corrected chi connectivity index (χ1v) is 11.0. The van der Waals surface area contributed by atoms with Gasteiger partial charge in [-0.25, -0.2) is 0 Å². The van der Waals surface area contributed by atoms with Gasteiger partial charge in [0.1, 0.15) is 18.0 Å². The lowest BCUT2D eigenvalue weighted by atomic mass is 9.75. The molecule has 1 aromatic carbocycles. The fourth-order valence-electron chi connectivity index (χ4n) is 4.85. The highest BCUT2D eigenvalue weighted by molar-refractivity contribution is 5.73. The average Bonchev–Trinajstić information content (AvgIpc) is 2.79. The Bertz CT molecular complexity index is 703. The van der Waals surface area contributed by atoms with Crippen LogP contribution in [0.2, 0.25) is 0 Å². The first-order chi connectivity index (χ1) is 13.6. The predicted octanol–water partition coefficient (Wildman–Crippen LogP) is 3.55. The van der Waals surface area contributed by atoms with Gasteiger partial charge in [0.15, 0.2) is 0 Å². The molecular weight excluding hydrogens is 364 g/mol. The zero-order valence-electron chi connectivity index (χ0n) is 18.8. The molecule has 1 aromatic rings. The summed E-state index contributed by atoms with van der Waals surface area (Å²) in [5.41, 5.74) is 1.62. The van der Waals surface area contributed by atoms with E-state index in [1.165, 1.54) is 12.8 Å². The zero-order valence-corrected chi connectivity index (χ0v) is 18.8. The fourth-order valence-corrected chi connectivity index (χ4v) is 4.85. The summed E-state index contributed by atoms with van der Waals surface area (Å²) >= 11 is 0. The van der Waals surface area contributed by atoms with Gasteiger partial charge in [-0.15, -0.1) is 0 Å². The number of β-amino-alcohol motifs (C(OH)–C–C–N with tert-alkyl or cyclic N) is 1. The number of nitrogens with zero attached hydrogens (tertiary/aromatic N) is 2. The Labute approximate surface area is 176 Å². The lowest BCUT2D eigenvalue weighted by molar-refractivity contribution is -0.132. The lowest BCUT2D eigenvalue weighted by Crippen LogP contribution is -2.53. The number of rotatable bonds is 4. The summed E-state index contributed by atoms with van der Waals surface area (Å²) in [5, 5.41) is 11.5. The maximum atomic E-state index is 12.1. The Balaban J connectivity index is 1.73. The summed E-state index contributed by atoms with van der Waals surface area (Å²) in [6.07, 6.45) is 4.73. The number of hydrogen-bond donors (Lipinski definition) is 1. The molecule has 1 saturated heterocycles. The van der Waals surface area contributed by atoms with Gasteiger partial charge in [-0.3, -0.25) is 9.69 Å².